The number of likely N-dealkylation sites (tertiary alicyclic amines) is 1. The number of nitrogens with zero attached hydrogens (tertiary/aromatic N) is 4. The topological polar surface area (TPSA) is 50.6 Å². The van der Waals surface area contributed by atoms with E-state index in [4.69, 9.17) is 4.74 Å². The summed E-state index contributed by atoms with van der Waals surface area (Å²) in [7, 11) is 3.90. The van der Waals surface area contributed by atoms with Gasteiger partial charge in [0.1, 0.15) is 5.75 Å². The molecule has 0 saturated carbocycles. The van der Waals surface area contributed by atoms with Crippen LogP contribution in [0.3, 0.4) is 0 Å². The fourth-order valence-electron chi connectivity index (χ4n) is 4.49. The molecule has 0 radical (unpaired) electrons. The van der Waals surface area contributed by atoms with Gasteiger partial charge in [-0.1, -0.05) is 48.5 Å². The molecule has 3 aromatic rings. The Kier molecular flexibility index (Phi) is 7.45. The van der Waals surface area contributed by atoms with Gasteiger partial charge in [-0.15, -0.1) is 0 Å². The van der Waals surface area contributed by atoms with Crippen LogP contribution < -0.4 is 4.74 Å². The highest BCUT2D eigenvalue weighted by Gasteiger charge is 2.38. The first-order valence-corrected chi connectivity index (χ1v) is 11.7. The van der Waals surface area contributed by atoms with Gasteiger partial charge in [-0.3, -0.25) is 9.69 Å². The number of imidazole rings is 1. The van der Waals surface area contributed by atoms with Gasteiger partial charge in [0, 0.05) is 45.2 Å². The third-order valence-corrected chi connectivity index (χ3v) is 6.56. The first kappa shape index (κ1) is 23.1. The number of hydrogen-bond donors (Lipinski definition) is 0. The third-order valence-electron chi connectivity index (χ3n) is 6.56. The van der Waals surface area contributed by atoms with Gasteiger partial charge in [0.15, 0.2) is 0 Å². The Morgan fingerprint density at radius 1 is 1.06 bits per heavy atom. The third kappa shape index (κ3) is 6.45. The maximum atomic E-state index is 13.3. The molecule has 174 valence electrons. The standard InChI is InChI=1S/C27H34N4O2/c1-29-19-24(28-22-29)20-31-15-13-27(14-16-31,21-33-25-11-7-4-8-12-25)17-26(32)30(2)18-23-9-5-3-6-10-23/h3-12,19,22H,13-18,20-21H2,1-2H3. The molecule has 2 heterocycles. The second kappa shape index (κ2) is 10.7. The Bertz CT molecular complexity index is 1010. The smallest absolute Gasteiger partial charge is 0.223 e. The predicted molar refractivity (Wildman–Crippen MR) is 130 cm³/mol. The number of carbonyl (C=O) groups excluding carboxylic acids is 1. The molecule has 33 heavy (non-hydrogen) atoms. The van der Waals surface area contributed by atoms with E-state index in [1.807, 2.05) is 78.4 Å². The number of hydrogen-bond acceptors (Lipinski definition) is 4. The molecule has 0 N–H and O–H groups in total. The number of aromatic nitrogens is 2. The monoisotopic (exact) mass is 446 g/mol. The van der Waals surface area contributed by atoms with E-state index in [-0.39, 0.29) is 11.3 Å². The van der Waals surface area contributed by atoms with Crippen molar-refractivity contribution in [3.8, 4) is 5.75 Å². The van der Waals surface area contributed by atoms with Gasteiger partial charge in [-0.05, 0) is 43.6 Å². The summed E-state index contributed by atoms with van der Waals surface area (Å²) in [6, 6.07) is 20.1. The van der Waals surface area contributed by atoms with Crippen molar-refractivity contribution in [2.75, 3.05) is 26.7 Å². The number of ether oxygens (including phenoxy) is 1. The SMILES string of the molecule is CN(Cc1ccccc1)C(=O)CC1(COc2ccccc2)CCN(Cc2cn(C)cn2)CC1. The van der Waals surface area contributed by atoms with Crippen LogP contribution in [0.25, 0.3) is 0 Å². The Morgan fingerprint density at radius 2 is 1.73 bits per heavy atom. The Morgan fingerprint density at radius 3 is 2.36 bits per heavy atom. The minimum Gasteiger partial charge on any atom is -0.493 e. The lowest BCUT2D eigenvalue weighted by molar-refractivity contribution is -0.134. The lowest BCUT2D eigenvalue weighted by Crippen LogP contribution is -2.45. The van der Waals surface area contributed by atoms with Crippen molar-refractivity contribution in [1.29, 1.82) is 0 Å². The summed E-state index contributed by atoms with van der Waals surface area (Å²) in [5.41, 5.74) is 2.07. The molecule has 4 rings (SSSR count). The van der Waals surface area contributed by atoms with Crippen molar-refractivity contribution >= 4 is 5.91 Å². The summed E-state index contributed by atoms with van der Waals surface area (Å²) in [6.45, 7) is 3.90. The largest absolute Gasteiger partial charge is 0.493 e. The van der Waals surface area contributed by atoms with Crippen LogP contribution in [0.4, 0.5) is 0 Å². The molecule has 0 spiro atoms. The fourth-order valence-corrected chi connectivity index (χ4v) is 4.49. The summed E-state index contributed by atoms with van der Waals surface area (Å²) in [5, 5.41) is 0. The van der Waals surface area contributed by atoms with Crippen molar-refractivity contribution in [3.63, 3.8) is 0 Å². The summed E-state index contributed by atoms with van der Waals surface area (Å²) in [6.07, 6.45) is 6.27. The van der Waals surface area contributed by atoms with E-state index in [1.54, 1.807) is 0 Å². The number of amides is 1. The lowest BCUT2D eigenvalue weighted by Gasteiger charge is -2.41. The summed E-state index contributed by atoms with van der Waals surface area (Å²) >= 11 is 0. The van der Waals surface area contributed by atoms with Crippen molar-refractivity contribution in [2.45, 2.75) is 32.4 Å². The molecule has 1 saturated heterocycles. The zero-order chi connectivity index (χ0) is 23.1. The quantitative estimate of drug-likeness (QED) is 0.496. The van der Waals surface area contributed by atoms with E-state index >= 15 is 0 Å². The summed E-state index contributed by atoms with van der Waals surface area (Å²) < 4.78 is 8.18. The molecule has 1 aliphatic heterocycles. The first-order valence-electron chi connectivity index (χ1n) is 11.7. The molecule has 6 heteroatoms. The van der Waals surface area contributed by atoms with Crippen LogP contribution >= 0.6 is 0 Å². The van der Waals surface area contributed by atoms with E-state index in [2.05, 4.69) is 28.2 Å². The number of benzene rings is 2. The van der Waals surface area contributed by atoms with Crippen molar-refractivity contribution in [2.24, 2.45) is 12.5 Å². The highest BCUT2D eigenvalue weighted by atomic mass is 16.5. The average molecular weight is 447 g/mol. The van der Waals surface area contributed by atoms with Crippen molar-refractivity contribution in [3.05, 3.63) is 84.4 Å². The van der Waals surface area contributed by atoms with Gasteiger partial charge in [0.05, 0.1) is 18.6 Å². The number of rotatable bonds is 9. The predicted octanol–water partition coefficient (Wildman–Crippen LogP) is 4.13. The number of aryl methyl sites for hydroxylation is 1. The van der Waals surface area contributed by atoms with Crippen molar-refractivity contribution < 1.29 is 9.53 Å². The zero-order valence-electron chi connectivity index (χ0n) is 19.7. The van der Waals surface area contributed by atoms with E-state index in [0.717, 1.165) is 49.5 Å². The van der Waals surface area contributed by atoms with Gasteiger partial charge in [-0.25, -0.2) is 4.98 Å². The Hall–Kier alpha value is -3.12. The Balaban J connectivity index is 1.40. The van der Waals surface area contributed by atoms with E-state index < -0.39 is 0 Å². The molecule has 1 amide bonds. The molecular formula is C27H34N4O2. The van der Waals surface area contributed by atoms with Crippen LogP contribution in [0, 0.1) is 5.41 Å². The molecule has 6 nitrogen and oxygen atoms in total. The Labute approximate surface area is 196 Å². The summed E-state index contributed by atoms with van der Waals surface area (Å²) in [5.74, 6) is 1.03. The van der Waals surface area contributed by atoms with Crippen molar-refractivity contribution in [1.82, 2.24) is 19.4 Å². The van der Waals surface area contributed by atoms with E-state index in [0.29, 0.717) is 19.6 Å². The highest BCUT2D eigenvalue weighted by molar-refractivity contribution is 5.76. The van der Waals surface area contributed by atoms with Crippen LogP contribution in [0.15, 0.2) is 73.2 Å². The van der Waals surface area contributed by atoms with E-state index in [9.17, 15) is 4.79 Å². The zero-order valence-corrected chi connectivity index (χ0v) is 19.7. The number of carbonyl (C=O) groups is 1. The molecule has 0 aliphatic carbocycles. The molecule has 0 unspecified atom stereocenters. The minimum atomic E-state index is -0.168. The second-order valence-corrected chi connectivity index (χ2v) is 9.32. The fraction of sp³-hybridized carbons (Fsp3) is 0.407. The lowest BCUT2D eigenvalue weighted by atomic mass is 9.75. The molecule has 0 bridgehead atoms. The van der Waals surface area contributed by atoms with Crippen LogP contribution in [0.2, 0.25) is 0 Å². The first-order chi connectivity index (χ1) is 16.0. The van der Waals surface area contributed by atoms with Crippen LogP contribution in [-0.2, 0) is 24.9 Å². The normalized spacial score (nSPS) is 15.8. The van der Waals surface area contributed by atoms with Gasteiger partial charge in [-0.2, -0.15) is 0 Å². The number of piperidine rings is 1. The average Bonchev–Trinajstić information content (AvgIpc) is 3.25. The molecular weight excluding hydrogens is 412 g/mol. The maximum absolute atomic E-state index is 13.3. The molecule has 1 aromatic heterocycles. The minimum absolute atomic E-state index is 0.168. The van der Waals surface area contributed by atoms with E-state index in [1.165, 1.54) is 0 Å². The van der Waals surface area contributed by atoms with Crippen LogP contribution in [0.1, 0.15) is 30.5 Å². The molecule has 0 atom stereocenters. The summed E-state index contributed by atoms with van der Waals surface area (Å²) in [4.78, 5) is 22.0. The van der Waals surface area contributed by atoms with Crippen LogP contribution in [-0.4, -0.2) is 52.0 Å². The molecule has 2 aromatic carbocycles. The molecule has 1 aliphatic rings. The molecule has 1 fully saturated rings. The van der Waals surface area contributed by atoms with Gasteiger partial charge < -0.3 is 14.2 Å². The van der Waals surface area contributed by atoms with Crippen LogP contribution in [0.5, 0.6) is 5.75 Å². The van der Waals surface area contributed by atoms with Gasteiger partial charge in [0.25, 0.3) is 0 Å². The van der Waals surface area contributed by atoms with Gasteiger partial charge >= 0.3 is 0 Å². The highest BCUT2D eigenvalue weighted by Crippen LogP contribution is 2.37. The maximum Gasteiger partial charge on any atom is 0.223 e. The van der Waals surface area contributed by atoms with Gasteiger partial charge in [0.2, 0.25) is 5.91 Å². The number of para-hydroxylation sites is 1. The second-order valence-electron chi connectivity index (χ2n) is 9.32.